The van der Waals surface area contributed by atoms with Crippen molar-refractivity contribution in [2.24, 2.45) is 5.92 Å². The molecule has 5 nitrogen and oxygen atoms in total. The third-order valence-electron chi connectivity index (χ3n) is 4.33. The Kier molecular flexibility index (Phi) is 5.42. The van der Waals surface area contributed by atoms with Gasteiger partial charge in [0, 0.05) is 19.2 Å². The van der Waals surface area contributed by atoms with Gasteiger partial charge in [-0.15, -0.1) is 0 Å². The molecule has 2 heterocycles. The number of hydrogen-bond acceptors (Lipinski definition) is 3. The molecule has 0 radical (unpaired) electrons. The van der Waals surface area contributed by atoms with E-state index in [4.69, 9.17) is 0 Å². The zero-order chi connectivity index (χ0) is 15.9. The molecule has 0 saturated carbocycles. The maximum Gasteiger partial charge on any atom is 0.220 e. The maximum atomic E-state index is 11.9. The second-order valence-corrected chi connectivity index (χ2v) is 6.13. The van der Waals surface area contributed by atoms with Crippen LogP contribution in [0.3, 0.4) is 0 Å². The average Bonchev–Trinajstić information content (AvgIpc) is 3.25. The normalized spacial score (nSPS) is 17.3. The SMILES string of the molecule is O=C(CCc1cnn(-c2ccccc2)c1)NCCC1CCNC1. The number of nitrogens with one attached hydrogen (secondary N) is 2. The minimum Gasteiger partial charge on any atom is -0.356 e. The molecular weight excluding hydrogens is 288 g/mol. The molecule has 1 atom stereocenters. The lowest BCUT2D eigenvalue weighted by molar-refractivity contribution is -0.121. The highest BCUT2D eigenvalue weighted by Crippen LogP contribution is 2.11. The van der Waals surface area contributed by atoms with Crippen LogP contribution in [0.15, 0.2) is 42.7 Å². The van der Waals surface area contributed by atoms with Crippen molar-refractivity contribution in [2.45, 2.75) is 25.7 Å². The number of nitrogens with zero attached hydrogens (tertiary/aromatic N) is 2. The largest absolute Gasteiger partial charge is 0.356 e. The fourth-order valence-electron chi connectivity index (χ4n) is 2.93. The van der Waals surface area contributed by atoms with Crippen molar-refractivity contribution in [3.05, 3.63) is 48.3 Å². The van der Waals surface area contributed by atoms with Crippen LogP contribution in [0.1, 0.15) is 24.8 Å². The lowest BCUT2D eigenvalue weighted by Gasteiger charge is -2.09. The van der Waals surface area contributed by atoms with Crippen LogP contribution in [-0.4, -0.2) is 35.3 Å². The molecule has 1 aliphatic heterocycles. The van der Waals surface area contributed by atoms with E-state index in [2.05, 4.69) is 15.7 Å². The zero-order valence-electron chi connectivity index (χ0n) is 13.4. The summed E-state index contributed by atoms with van der Waals surface area (Å²) in [4.78, 5) is 11.9. The standard InChI is InChI=1S/C18H24N4O/c23-18(20-11-9-15-8-10-19-12-15)7-6-16-13-21-22(14-16)17-4-2-1-3-5-17/h1-5,13-15,19H,6-12H2,(H,20,23). The first-order chi connectivity index (χ1) is 11.3. The summed E-state index contributed by atoms with van der Waals surface area (Å²) < 4.78 is 1.85. The van der Waals surface area contributed by atoms with E-state index in [1.54, 1.807) is 0 Å². The molecule has 1 fully saturated rings. The summed E-state index contributed by atoms with van der Waals surface area (Å²) in [6.45, 7) is 2.99. The summed E-state index contributed by atoms with van der Waals surface area (Å²) in [7, 11) is 0. The molecule has 122 valence electrons. The molecule has 1 aliphatic rings. The van der Waals surface area contributed by atoms with E-state index in [1.165, 1.54) is 6.42 Å². The second-order valence-electron chi connectivity index (χ2n) is 6.13. The molecule has 23 heavy (non-hydrogen) atoms. The van der Waals surface area contributed by atoms with Crippen molar-refractivity contribution in [1.29, 1.82) is 0 Å². The summed E-state index contributed by atoms with van der Waals surface area (Å²) >= 11 is 0. The first-order valence-corrected chi connectivity index (χ1v) is 8.37. The molecular formula is C18H24N4O. The molecule has 1 aromatic heterocycles. The van der Waals surface area contributed by atoms with Gasteiger partial charge in [0.05, 0.1) is 11.9 Å². The number of aryl methyl sites for hydroxylation is 1. The molecule has 1 saturated heterocycles. The van der Waals surface area contributed by atoms with Gasteiger partial charge in [0.25, 0.3) is 0 Å². The number of amides is 1. The van der Waals surface area contributed by atoms with Crippen LogP contribution in [0, 0.1) is 5.92 Å². The van der Waals surface area contributed by atoms with Gasteiger partial charge in [-0.3, -0.25) is 4.79 Å². The van der Waals surface area contributed by atoms with Crippen LogP contribution in [-0.2, 0) is 11.2 Å². The van der Waals surface area contributed by atoms with E-state index in [1.807, 2.05) is 47.4 Å². The van der Waals surface area contributed by atoms with Gasteiger partial charge >= 0.3 is 0 Å². The quantitative estimate of drug-likeness (QED) is 0.821. The number of carbonyl (C=O) groups excluding carboxylic acids is 1. The minimum absolute atomic E-state index is 0.128. The van der Waals surface area contributed by atoms with Gasteiger partial charge in [0.1, 0.15) is 0 Å². The van der Waals surface area contributed by atoms with Crippen LogP contribution in [0.25, 0.3) is 5.69 Å². The van der Waals surface area contributed by atoms with Gasteiger partial charge in [-0.05, 0) is 56.0 Å². The summed E-state index contributed by atoms with van der Waals surface area (Å²) in [6.07, 6.45) is 7.38. The fraction of sp³-hybridized carbons (Fsp3) is 0.444. The van der Waals surface area contributed by atoms with Crippen LogP contribution in [0.4, 0.5) is 0 Å². The van der Waals surface area contributed by atoms with Gasteiger partial charge < -0.3 is 10.6 Å². The van der Waals surface area contributed by atoms with E-state index >= 15 is 0 Å². The van der Waals surface area contributed by atoms with Crippen molar-refractivity contribution < 1.29 is 4.79 Å². The third-order valence-corrected chi connectivity index (χ3v) is 4.33. The van der Waals surface area contributed by atoms with Crippen molar-refractivity contribution in [3.8, 4) is 5.69 Å². The van der Waals surface area contributed by atoms with E-state index in [0.29, 0.717) is 6.42 Å². The molecule has 2 aromatic rings. The Hall–Kier alpha value is -2.14. The molecule has 3 rings (SSSR count). The second kappa shape index (κ2) is 7.92. The Morgan fingerprint density at radius 2 is 2.22 bits per heavy atom. The third kappa shape index (κ3) is 4.66. The van der Waals surface area contributed by atoms with Crippen molar-refractivity contribution in [3.63, 3.8) is 0 Å². The summed E-state index contributed by atoms with van der Waals surface area (Å²) in [5, 5.41) is 10.7. The van der Waals surface area contributed by atoms with Gasteiger partial charge in [0.15, 0.2) is 0 Å². The molecule has 0 aliphatic carbocycles. The predicted octanol–water partition coefficient (Wildman–Crippen LogP) is 1.92. The Bertz CT molecular complexity index is 617. The number of para-hydroxylation sites is 1. The molecule has 5 heteroatoms. The predicted molar refractivity (Wildman–Crippen MR) is 90.5 cm³/mol. The smallest absolute Gasteiger partial charge is 0.220 e. The van der Waals surface area contributed by atoms with Crippen molar-refractivity contribution >= 4 is 5.91 Å². The Morgan fingerprint density at radius 3 is 3.00 bits per heavy atom. The van der Waals surface area contributed by atoms with E-state index in [-0.39, 0.29) is 5.91 Å². The number of carbonyl (C=O) groups is 1. The molecule has 1 unspecified atom stereocenters. The Balaban J connectivity index is 1.40. The summed E-state index contributed by atoms with van der Waals surface area (Å²) in [5.74, 6) is 0.850. The monoisotopic (exact) mass is 312 g/mol. The fourth-order valence-corrected chi connectivity index (χ4v) is 2.93. The van der Waals surface area contributed by atoms with Crippen molar-refractivity contribution in [1.82, 2.24) is 20.4 Å². The van der Waals surface area contributed by atoms with Gasteiger partial charge in [-0.1, -0.05) is 18.2 Å². The van der Waals surface area contributed by atoms with E-state index < -0.39 is 0 Å². The first kappa shape index (κ1) is 15.7. The molecule has 0 spiro atoms. The highest BCUT2D eigenvalue weighted by Gasteiger charge is 2.14. The van der Waals surface area contributed by atoms with Crippen LogP contribution in [0.5, 0.6) is 0 Å². The minimum atomic E-state index is 0.128. The number of benzene rings is 1. The van der Waals surface area contributed by atoms with Gasteiger partial charge in [0.2, 0.25) is 5.91 Å². The lowest BCUT2D eigenvalue weighted by Crippen LogP contribution is -2.26. The number of aromatic nitrogens is 2. The maximum absolute atomic E-state index is 11.9. The van der Waals surface area contributed by atoms with Gasteiger partial charge in [-0.25, -0.2) is 4.68 Å². The lowest BCUT2D eigenvalue weighted by atomic mass is 10.1. The zero-order valence-corrected chi connectivity index (χ0v) is 13.4. The van der Waals surface area contributed by atoms with Gasteiger partial charge in [-0.2, -0.15) is 5.10 Å². The summed E-state index contributed by atoms with van der Waals surface area (Å²) in [6, 6.07) is 10.00. The van der Waals surface area contributed by atoms with E-state index in [0.717, 1.165) is 49.6 Å². The highest BCUT2D eigenvalue weighted by molar-refractivity contribution is 5.76. The van der Waals surface area contributed by atoms with Crippen LogP contribution >= 0.6 is 0 Å². The molecule has 0 bridgehead atoms. The Labute approximate surface area is 137 Å². The molecule has 2 N–H and O–H groups in total. The number of hydrogen-bond donors (Lipinski definition) is 2. The van der Waals surface area contributed by atoms with E-state index in [9.17, 15) is 4.79 Å². The summed E-state index contributed by atoms with van der Waals surface area (Å²) in [5.41, 5.74) is 2.12. The average molecular weight is 312 g/mol. The topological polar surface area (TPSA) is 59.0 Å². The Morgan fingerprint density at radius 1 is 1.35 bits per heavy atom. The van der Waals surface area contributed by atoms with Crippen LogP contribution in [0.2, 0.25) is 0 Å². The first-order valence-electron chi connectivity index (χ1n) is 8.37. The highest BCUT2D eigenvalue weighted by atomic mass is 16.1. The van der Waals surface area contributed by atoms with Crippen LogP contribution < -0.4 is 10.6 Å². The molecule has 1 aromatic carbocycles. The molecule has 1 amide bonds. The van der Waals surface area contributed by atoms with Crippen molar-refractivity contribution in [2.75, 3.05) is 19.6 Å². The number of rotatable bonds is 7.